The van der Waals surface area contributed by atoms with Crippen LogP contribution < -0.4 is 15.6 Å². The minimum absolute atomic E-state index is 0.184. The number of hydrogen-bond acceptors (Lipinski definition) is 4. The van der Waals surface area contributed by atoms with Gasteiger partial charge in [-0.1, -0.05) is 54.6 Å². The van der Waals surface area contributed by atoms with Gasteiger partial charge in [-0.2, -0.15) is 0 Å². The Morgan fingerprint density at radius 1 is 0.885 bits per heavy atom. The molecule has 3 aromatic rings. The maximum Gasteiger partial charge on any atom is 0.279 e. The van der Waals surface area contributed by atoms with Crippen molar-refractivity contribution in [3.8, 4) is 5.75 Å². The lowest BCUT2D eigenvalue weighted by atomic mass is 10.0. The summed E-state index contributed by atoms with van der Waals surface area (Å²) in [7, 11) is 0. The van der Waals surface area contributed by atoms with Crippen LogP contribution in [0.5, 0.6) is 5.75 Å². The molecule has 0 aliphatic heterocycles. The molecule has 0 spiro atoms. The molecule has 0 fully saturated rings. The number of ether oxygens (including phenoxy) is 1. The zero-order valence-corrected chi connectivity index (χ0v) is 14.8. The fourth-order valence-corrected chi connectivity index (χ4v) is 3.00. The van der Waals surface area contributed by atoms with E-state index in [0.29, 0.717) is 17.0 Å². The molecule has 26 heavy (non-hydrogen) atoms. The van der Waals surface area contributed by atoms with Gasteiger partial charge in [0.05, 0.1) is 4.88 Å². The highest BCUT2D eigenvalue weighted by atomic mass is 32.1. The Kier molecular flexibility index (Phi) is 6.01. The van der Waals surface area contributed by atoms with E-state index in [1.165, 1.54) is 11.3 Å². The molecule has 2 N–H and O–H groups in total. The molecule has 1 aromatic heterocycles. The summed E-state index contributed by atoms with van der Waals surface area (Å²) in [6.45, 7) is -0.184. The van der Waals surface area contributed by atoms with Crippen LogP contribution in [0.3, 0.4) is 0 Å². The predicted octanol–water partition coefficient (Wildman–Crippen LogP) is 3.18. The largest absolute Gasteiger partial charge is 0.483 e. The Morgan fingerprint density at radius 2 is 1.65 bits per heavy atom. The molecule has 0 aliphatic rings. The van der Waals surface area contributed by atoms with Gasteiger partial charge in [0.25, 0.3) is 11.8 Å². The topological polar surface area (TPSA) is 67.4 Å². The number of rotatable bonds is 6. The van der Waals surface area contributed by atoms with Crippen LogP contribution >= 0.6 is 11.3 Å². The van der Waals surface area contributed by atoms with Gasteiger partial charge in [-0.3, -0.25) is 20.4 Å². The second kappa shape index (κ2) is 8.82. The molecule has 0 saturated heterocycles. The fraction of sp³-hybridized carbons (Fsp3) is 0.100. The lowest BCUT2D eigenvalue weighted by Crippen LogP contribution is -2.43. The summed E-state index contributed by atoms with van der Waals surface area (Å²) in [5, 5.41) is 1.80. The van der Waals surface area contributed by atoms with Crippen molar-refractivity contribution in [3.63, 3.8) is 0 Å². The van der Waals surface area contributed by atoms with Crippen molar-refractivity contribution in [2.45, 2.75) is 6.42 Å². The Labute approximate surface area is 155 Å². The van der Waals surface area contributed by atoms with E-state index in [1.807, 2.05) is 54.6 Å². The fourth-order valence-electron chi connectivity index (χ4n) is 2.38. The van der Waals surface area contributed by atoms with Gasteiger partial charge in [-0.05, 0) is 28.6 Å². The lowest BCUT2D eigenvalue weighted by Gasteiger charge is -2.12. The number of thiophene rings is 1. The average Bonchev–Trinajstić information content (AvgIpc) is 3.21. The lowest BCUT2D eigenvalue weighted by molar-refractivity contribution is -0.123. The van der Waals surface area contributed by atoms with E-state index in [1.54, 1.807) is 17.5 Å². The molecule has 5 nitrogen and oxygen atoms in total. The van der Waals surface area contributed by atoms with Gasteiger partial charge in [-0.25, -0.2) is 0 Å². The maximum atomic E-state index is 11.9. The van der Waals surface area contributed by atoms with Gasteiger partial charge < -0.3 is 4.74 Å². The summed E-state index contributed by atoms with van der Waals surface area (Å²) in [4.78, 5) is 24.2. The summed E-state index contributed by atoms with van der Waals surface area (Å²) >= 11 is 1.30. The zero-order valence-electron chi connectivity index (χ0n) is 14.0. The number of carbonyl (C=O) groups excluding carboxylic acids is 2. The van der Waals surface area contributed by atoms with E-state index >= 15 is 0 Å². The third-order valence-corrected chi connectivity index (χ3v) is 4.50. The number of hydrazine groups is 1. The van der Waals surface area contributed by atoms with Crippen LogP contribution in [0.2, 0.25) is 0 Å². The molecule has 1 heterocycles. The van der Waals surface area contributed by atoms with Crippen LogP contribution in [0.1, 0.15) is 20.8 Å². The molecule has 0 radical (unpaired) electrons. The minimum Gasteiger partial charge on any atom is -0.483 e. The second-order valence-electron chi connectivity index (χ2n) is 5.54. The maximum absolute atomic E-state index is 11.9. The van der Waals surface area contributed by atoms with Crippen molar-refractivity contribution < 1.29 is 14.3 Å². The second-order valence-corrected chi connectivity index (χ2v) is 6.49. The van der Waals surface area contributed by atoms with E-state index in [2.05, 4.69) is 10.9 Å². The van der Waals surface area contributed by atoms with Gasteiger partial charge in [0.1, 0.15) is 5.75 Å². The predicted molar refractivity (Wildman–Crippen MR) is 101 cm³/mol. The first kappa shape index (κ1) is 17.7. The number of nitrogens with one attached hydrogen (secondary N) is 2. The van der Waals surface area contributed by atoms with E-state index in [9.17, 15) is 9.59 Å². The van der Waals surface area contributed by atoms with Crippen LogP contribution in [-0.4, -0.2) is 18.4 Å². The molecule has 6 heteroatoms. The van der Waals surface area contributed by atoms with Crippen LogP contribution in [0.25, 0.3) is 0 Å². The molecule has 2 amide bonds. The number of carbonyl (C=O) groups is 2. The van der Waals surface area contributed by atoms with Crippen molar-refractivity contribution in [1.29, 1.82) is 0 Å². The molecule has 132 valence electrons. The molecule has 0 aliphatic carbocycles. The number of para-hydroxylation sites is 1. The third-order valence-electron chi connectivity index (χ3n) is 3.63. The number of hydrogen-bond donors (Lipinski definition) is 2. The van der Waals surface area contributed by atoms with Crippen molar-refractivity contribution >= 4 is 23.2 Å². The van der Waals surface area contributed by atoms with Crippen molar-refractivity contribution in [3.05, 3.63) is 88.1 Å². The van der Waals surface area contributed by atoms with Crippen LogP contribution in [0.15, 0.2) is 72.1 Å². The zero-order chi connectivity index (χ0) is 18.2. The summed E-state index contributed by atoms with van der Waals surface area (Å²) in [5.41, 5.74) is 6.88. The van der Waals surface area contributed by atoms with E-state index in [-0.39, 0.29) is 12.5 Å². The Hall–Kier alpha value is -3.12. The summed E-state index contributed by atoms with van der Waals surface area (Å²) < 4.78 is 5.63. The third kappa shape index (κ3) is 4.94. The number of benzene rings is 2. The molecule has 0 saturated carbocycles. The van der Waals surface area contributed by atoms with Crippen LogP contribution in [0, 0.1) is 0 Å². The standard InChI is InChI=1S/C20H18N2O3S/c23-19(21-22-20(24)18-11-6-12-26-18)14-25-17-10-5-4-9-16(17)13-15-7-2-1-3-8-15/h1-12H,13-14H2,(H,21,23)(H,22,24). The quantitative estimate of drug-likeness (QED) is 0.659. The summed E-state index contributed by atoms with van der Waals surface area (Å²) in [6.07, 6.45) is 0.716. The Bertz CT molecular complexity index is 864. The van der Waals surface area contributed by atoms with Crippen molar-refractivity contribution in [1.82, 2.24) is 10.9 Å². The monoisotopic (exact) mass is 366 g/mol. The molecule has 0 unspecified atom stereocenters. The minimum atomic E-state index is -0.426. The van der Waals surface area contributed by atoms with Gasteiger partial charge >= 0.3 is 0 Å². The van der Waals surface area contributed by atoms with Crippen LogP contribution in [0.4, 0.5) is 0 Å². The first-order valence-corrected chi connectivity index (χ1v) is 8.97. The highest BCUT2D eigenvalue weighted by molar-refractivity contribution is 7.12. The van der Waals surface area contributed by atoms with E-state index in [0.717, 1.165) is 11.1 Å². The molecule has 3 rings (SSSR count). The highest BCUT2D eigenvalue weighted by Crippen LogP contribution is 2.21. The summed E-state index contributed by atoms with van der Waals surface area (Å²) in [6, 6.07) is 21.1. The first-order valence-electron chi connectivity index (χ1n) is 8.09. The van der Waals surface area contributed by atoms with Gasteiger partial charge in [0, 0.05) is 6.42 Å². The Morgan fingerprint density at radius 3 is 2.42 bits per heavy atom. The van der Waals surface area contributed by atoms with Crippen molar-refractivity contribution in [2.24, 2.45) is 0 Å². The molecular weight excluding hydrogens is 348 g/mol. The molecule has 0 bridgehead atoms. The molecule has 0 atom stereocenters. The van der Waals surface area contributed by atoms with E-state index < -0.39 is 5.91 Å². The van der Waals surface area contributed by atoms with Gasteiger partial charge in [-0.15, -0.1) is 11.3 Å². The molecule has 2 aromatic carbocycles. The first-order chi connectivity index (χ1) is 12.7. The number of amides is 2. The van der Waals surface area contributed by atoms with Gasteiger partial charge in [0.2, 0.25) is 0 Å². The van der Waals surface area contributed by atoms with Crippen LogP contribution in [-0.2, 0) is 11.2 Å². The average molecular weight is 366 g/mol. The van der Waals surface area contributed by atoms with Crippen molar-refractivity contribution in [2.75, 3.05) is 6.61 Å². The normalized spacial score (nSPS) is 10.2. The highest BCUT2D eigenvalue weighted by Gasteiger charge is 2.10. The van der Waals surface area contributed by atoms with E-state index in [4.69, 9.17) is 4.74 Å². The van der Waals surface area contributed by atoms with Gasteiger partial charge in [0.15, 0.2) is 6.61 Å². The Balaban J connectivity index is 1.53. The molecular formula is C20H18N2O3S. The summed E-state index contributed by atoms with van der Waals surface area (Å²) in [5.74, 6) is -0.127. The smallest absolute Gasteiger partial charge is 0.279 e. The SMILES string of the molecule is O=C(COc1ccccc1Cc1ccccc1)NNC(=O)c1cccs1.